The first-order valence-corrected chi connectivity index (χ1v) is 11.0. The molecule has 2 aromatic rings. The Bertz CT molecular complexity index is 1050. The van der Waals surface area contributed by atoms with Gasteiger partial charge >= 0.3 is 6.09 Å². The Morgan fingerprint density at radius 2 is 1.90 bits per heavy atom. The van der Waals surface area contributed by atoms with Crippen LogP contribution in [0.15, 0.2) is 35.5 Å². The maximum Gasteiger partial charge on any atom is 0.411 e. The van der Waals surface area contributed by atoms with Gasteiger partial charge in [-0.2, -0.15) is 4.31 Å². The van der Waals surface area contributed by atoms with Crippen molar-refractivity contribution in [1.29, 1.82) is 0 Å². The van der Waals surface area contributed by atoms with Crippen molar-refractivity contribution in [2.24, 2.45) is 0 Å². The number of sulfonamides is 1. The molecule has 1 amide bonds. The van der Waals surface area contributed by atoms with E-state index in [1.54, 1.807) is 4.90 Å². The van der Waals surface area contributed by atoms with Crippen LogP contribution in [0.25, 0.3) is 0 Å². The fourth-order valence-corrected chi connectivity index (χ4v) is 5.82. The number of methoxy groups -OCH3 is 1. The van der Waals surface area contributed by atoms with Gasteiger partial charge in [0.1, 0.15) is 6.33 Å². The monoisotopic (exact) mass is 435 g/mol. The maximum absolute atomic E-state index is 14.6. The molecule has 0 aliphatic carbocycles. The van der Waals surface area contributed by atoms with Crippen LogP contribution < -0.4 is 10.2 Å². The van der Waals surface area contributed by atoms with Crippen LogP contribution in [0.5, 0.6) is 0 Å². The largest absolute Gasteiger partial charge is 0.453 e. The lowest BCUT2D eigenvalue weighted by molar-refractivity contribution is 0.0870. The van der Waals surface area contributed by atoms with Gasteiger partial charge in [0.05, 0.1) is 17.7 Å². The molecule has 1 aromatic heterocycles. The Morgan fingerprint density at radius 3 is 2.50 bits per heavy atom. The molecule has 0 spiro atoms. The minimum absolute atomic E-state index is 0.141. The molecule has 3 fully saturated rings. The second kappa shape index (κ2) is 7.80. The van der Waals surface area contributed by atoms with E-state index in [0.29, 0.717) is 30.9 Å². The van der Waals surface area contributed by atoms with E-state index in [2.05, 4.69) is 20.0 Å². The molecule has 30 heavy (non-hydrogen) atoms. The number of hydrogen-bond acceptors (Lipinski definition) is 7. The van der Waals surface area contributed by atoms with Gasteiger partial charge in [0.2, 0.25) is 10.0 Å². The number of carbonyl (C=O) groups excluding carboxylic acids is 1. The number of aromatic nitrogens is 2. The lowest BCUT2D eigenvalue weighted by atomic mass is 9.91. The van der Waals surface area contributed by atoms with Gasteiger partial charge in [-0.1, -0.05) is 6.92 Å². The maximum atomic E-state index is 14.6. The average molecular weight is 435 g/mol. The second-order valence-corrected chi connectivity index (χ2v) is 9.08. The Balaban J connectivity index is 1.50. The molecule has 0 radical (unpaired) electrons. The summed E-state index contributed by atoms with van der Waals surface area (Å²) >= 11 is 0. The zero-order valence-electron chi connectivity index (χ0n) is 16.6. The fraction of sp³-hybridized carbons (Fsp3) is 0.421. The number of halogens is 1. The Labute approximate surface area is 173 Å². The highest BCUT2D eigenvalue weighted by atomic mass is 32.2. The first kappa shape index (κ1) is 20.5. The average Bonchev–Trinajstić information content (AvgIpc) is 2.73. The van der Waals surface area contributed by atoms with Crippen molar-refractivity contribution in [2.75, 3.05) is 30.4 Å². The summed E-state index contributed by atoms with van der Waals surface area (Å²) < 4.78 is 46.9. The zero-order valence-corrected chi connectivity index (χ0v) is 17.4. The quantitative estimate of drug-likeness (QED) is 0.766. The highest BCUT2D eigenvalue weighted by Gasteiger charge is 2.51. The van der Waals surface area contributed by atoms with Gasteiger partial charge in [-0.3, -0.25) is 5.32 Å². The Kier molecular flexibility index (Phi) is 5.33. The van der Waals surface area contributed by atoms with Crippen LogP contribution in [0, 0.1) is 5.82 Å². The van der Waals surface area contributed by atoms with E-state index in [-0.39, 0.29) is 22.8 Å². The third-order valence-electron chi connectivity index (χ3n) is 5.47. The van der Waals surface area contributed by atoms with Crippen molar-refractivity contribution in [1.82, 2.24) is 14.3 Å². The third kappa shape index (κ3) is 3.47. The lowest BCUT2D eigenvalue weighted by Gasteiger charge is -2.55. The highest BCUT2D eigenvalue weighted by molar-refractivity contribution is 7.89. The minimum Gasteiger partial charge on any atom is -0.453 e. The number of fused-ring (bicyclic) bond motifs is 2. The van der Waals surface area contributed by atoms with Crippen molar-refractivity contribution >= 4 is 27.6 Å². The summed E-state index contributed by atoms with van der Waals surface area (Å²) in [6.07, 6.45) is 1.90. The van der Waals surface area contributed by atoms with Crippen LogP contribution in [-0.2, 0) is 21.2 Å². The number of amides is 1. The summed E-state index contributed by atoms with van der Waals surface area (Å²) in [5.41, 5.74) is 0.783. The predicted octanol–water partition coefficient (Wildman–Crippen LogP) is 2.01. The zero-order chi connectivity index (χ0) is 21.5. The number of nitrogens with zero attached hydrogens (tertiary/aromatic N) is 4. The number of rotatable bonds is 5. The summed E-state index contributed by atoms with van der Waals surface area (Å²) in [4.78, 5) is 21.2. The van der Waals surface area contributed by atoms with Crippen LogP contribution in [0.4, 0.5) is 20.7 Å². The predicted molar refractivity (Wildman–Crippen MR) is 107 cm³/mol. The van der Waals surface area contributed by atoms with Crippen molar-refractivity contribution in [2.45, 2.75) is 36.7 Å². The number of piperidine rings is 1. The van der Waals surface area contributed by atoms with Gasteiger partial charge in [0.15, 0.2) is 11.6 Å². The molecule has 2 unspecified atom stereocenters. The fourth-order valence-electron chi connectivity index (χ4n) is 4.00. The number of piperazine rings is 1. The normalized spacial score (nSPS) is 21.1. The molecule has 1 N–H and O–H groups in total. The van der Waals surface area contributed by atoms with Crippen molar-refractivity contribution in [3.05, 3.63) is 42.1 Å². The summed E-state index contributed by atoms with van der Waals surface area (Å²) in [5, 5.41) is 2.48. The summed E-state index contributed by atoms with van der Waals surface area (Å²) in [6.45, 7) is 2.56. The number of aryl methyl sites for hydroxylation is 1. The molecule has 3 aliphatic heterocycles. The van der Waals surface area contributed by atoms with Gasteiger partial charge in [-0.15, -0.1) is 0 Å². The SMILES string of the molecule is CCc1ncnc(N2CC3CC(C2)N3S(=O)(=O)c2ccc(NC(=O)OC)cc2)c1F. The molecule has 5 rings (SSSR count). The summed E-state index contributed by atoms with van der Waals surface area (Å²) in [5.74, 6) is -0.212. The van der Waals surface area contributed by atoms with E-state index in [1.165, 1.54) is 42.0 Å². The molecule has 9 nitrogen and oxygen atoms in total. The molecular weight excluding hydrogens is 413 g/mol. The van der Waals surface area contributed by atoms with E-state index in [1.807, 2.05) is 6.92 Å². The Morgan fingerprint density at radius 1 is 1.23 bits per heavy atom. The van der Waals surface area contributed by atoms with Crippen LogP contribution in [0.2, 0.25) is 0 Å². The van der Waals surface area contributed by atoms with Crippen molar-refractivity contribution in [3.63, 3.8) is 0 Å². The standard InChI is InChI=1S/C19H22FN5O4S/c1-3-16-17(20)18(22-11-21-16)24-9-13-8-14(10-24)25(13)30(27,28)15-6-4-12(5-7-15)23-19(26)29-2/h4-7,11,13-14H,3,8-10H2,1-2H3,(H,23,26). The van der Waals surface area contributed by atoms with E-state index >= 15 is 0 Å². The van der Waals surface area contributed by atoms with Gasteiger partial charge in [0.25, 0.3) is 0 Å². The number of carbonyl (C=O) groups is 1. The van der Waals surface area contributed by atoms with E-state index in [0.717, 1.165) is 6.42 Å². The number of anilines is 2. The molecule has 160 valence electrons. The van der Waals surface area contributed by atoms with Gasteiger partial charge < -0.3 is 9.64 Å². The smallest absolute Gasteiger partial charge is 0.411 e. The lowest BCUT2D eigenvalue weighted by Crippen LogP contribution is -2.70. The topological polar surface area (TPSA) is 105 Å². The van der Waals surface area contributed by atoms with Crippen molar-refractivity contribution in [3.8, 4) is 0 Å². The van der Waals surface area contributed by atoms with Gasteiger partial charge in [-0.05, 0) is 37.1 Å². The van der Waals surface area contributed by atoms with Gasteiger partial charge in [0, 0.05) is 30.9 Å². The van der Waals surface area contributed by atoms with Crippen molar-refractivity contribution < 1.29 is 22.3 Å². The molecule has 4 heterocycles. The number of ether oxygens (including phenoxy) is 1. The first-order chi connectivity index (χ1) is 14.3. The molecular formula is C19H22FN5O4S. The van der Waals surface area contributed by atoms with E-state index in [4.69, 9.17) is 0 Å². The molecule has 0 saturated carbocycles. The van der Waals surface area contributed by atoms with E-state index in [9.17, 15) is 17.6 Å². The van der Waals surface area contributed by atoms with Crippen LogP contribution >= 0.6 is 0 Å². The van der Waals surface area contributed by atoms with Crippen LogP contribution in [0.1, 0.15) is 19.0 Å². The molecule has 3 aliphatic rings. The molecule has 3 saturated heterocycles. The number of benzene rings is 1. The Hall–Kier alpha value is -2.79. The van der Waals surface area contributed by atoms with Gasteiger partial charge in [-0.25, -0.2) is 27.6 Å². The molecule has 1 aromatic carbocycles. The molecule has 2 bridgehead atoms. The van der Waals surface area contributed by atoms with Crippen LogP contribution in [-0.4, -0.2) is 61.1 Å². The third-order valence-corrected chi connectivity index (χ3v) is 7.48. The minimum atomic E-state index is -3.70. The number of nitrogens with one attached hydrogen (secondary N) is 1. The summed E-state index contributed by atoms with van der Waals surface area (Å²) in [7, 11) is -2.46. The van der Waals surface area contributed by atoms with Crippen LogP contribution in [0.3, 0.4) is 0 Å². The second-order valence-electron chi connectivity index (χ2n) is 7.24. The number of hydrogen-bond donors (Lipinski definition) is 1. The molecule has 11 heteroatoms. The summed E-state index contributed by atoms with van der Waals surface area (Å²) in [6, 6.07) is 5.42. The molecule has 2 atom stereocenters. The highest BCUT2D eigenvalue weighted by Crippen LogP contribution is 2.39. The first-order valence-electron chi connectivity index (χ1n) is 9.58. The van der Waals surface area contributed by atoms with E-state index < -0.39 is 21.9 Å².